The van der Waals surface area contributed by atoms with Crippen LogP contribution in [0, 0.1) is 0 Å². The number of aromatic nitrogens is 1. The van der Waals surface area contributed by atoms with Crippen LogP contribution in [0.4, 0.5) is 0 Å². The highest BCUT2D eigenvalue weighted by Gasteiger charge is 2.25. The fraction of sp³-hybridized carbons (Fsp3) is 0.400. The van der Waals surface area contributed by atoms with Crippen LogP contribution in [0.1, 0.15) is 34.8 Å². The molecule has 1 saturated heterocycles. The van der Waals surface area contributed by atoms with Gasteiger partial charge < -0.3 is 14.8 Å². The number of pyridine rings is 1. The Morgan fingerprint density at radius 2 is 1.81 bits per heavy atom. The van der Waals surface area contributed by atoms with Crippen LogP contribution in [0.2, 0.25) is 0 Å². The fourth-order valence-electron chi connectivity index (χ4n) is 3.37. The molecular weight excluding hydrogens is 330 g/mol. The number of carbonyl (C=O) groups excluding carboxylic acids is 1. The molecule has 0 saturated carbocycles. The summed E-state index contributed by atoms with van der Waals surface area (Å²) in [4.78, 5) is 18.8. The van der Waals surface area contributed by atoms with E-state index in [-0.39, 0.29) is 11.9 Å². The van der Waals surface area contributed by atoms with Gasteiger partial charge >= 0.3 is 0 Å². The molecule has 0 aliphatic carbocycles. The lowest BCUT2D eigenvalue weighted by Gasteiger charge is -2.28. The number of amides is 1. The first kappa shape index (κ1) is 18.2. The van der Waals surface area contributed by atoms with E-state index in [1.165, 1.54) is 12.8 Å². The quantitative estimate of drug-likeness (QED) is 0.827. The summed E-state index contributed by atoms with van der Waals surface area (Å²) in [5.74, 6) is 1.32. The highest BCUT2D eigenvalue weighted by Crippen LogP contribution is 2.33. The van der Waals surface area contributed by atoms with Gasteiger partial charge in [0.05, 0.1) is 20.3 Å². The second-order valence-electron chi connectivity index (χ2n) is 6.32. The number of likely N-dealkylation sites (tertiary alicyclic amines) is 1. The maximum absolute atomic E-state index is 12.4. The number of nitrogens with one attached hydrogen (secondary N) is 1. The Hall–Kier alpha value is -2.60. The Labute approximate surface area is 154 Å². The minimum atomic E-state index is -0.0860. The van der Waals surface area contributed by atoms with Crippen molar-refractivity contribution in [1.82, 2.24) is 15.2 Å². The molecule has 0 spiro atoms. The molecule has 26 heavy (non-hydrogen) atoms. The van der Waals surface area contributed by atoms with Crippen molar-refractivity contribution in [1.29, 1.82) is 0 Å². The number of ether oxygens (including phenoxy) is 2. The SMILES string of the molecule is COc1ccc(C(CNC(=O)c2ccncc2)N2CCCC2)cc1OC. The molecular formula is C20H25N3O3. The molecule has 2 aromatic rings. The maximum atomic E-state index is 12.4. The fourth-order valence-corrected chi connectivity index (χ4v) is 3.37. The highest BCUT2D eigenvalue weighted by atomic mass is 16.5. The molecule has 3 rings (SSSR count). The van der Waals surface area contributed by atoms with E-state index in [1.807, 2.05) is 18.2 Å². The zero-order valence-corrected chi connectivity index (χ0v) is 15.3. The van der Waals surface area contributed by atoms with E-state index in [1.54, 1.807) is 38.7 Å². The third-order valence-corrected chi connectivity index (χ3v) is 4.77. The lowest BCUT2D eigenvalue weighted by atomic mass is 10.0. The molecule has 6 heteroatoms. The average molecular weight is 355 g/mol. The molecule has 1 aromatic carbocycles. The van der Waals surface area contributed by atoms with Gasteiger partial charge in [0.15, 0.2) is 11.5 Å². The highest BCUT2D eigenvalue weighted by molar-refractivity contribution is 5.93. The normalized spacial score (nSPS) is 15.5. The van der Waals surface area contributed by atoms with E-state index in [2.05, 4.69) is 15.2 Å². The number of benzene rings is 1. The van der Waals surface area contributed by atoms with Gasteiger partial charge in [-0.25, -0.2) is 0 Å². The molecule has 1 aliphatic rings. The van der Waals surface area contributed by atoms with E-state index >= 15 is 0 Å². The van der Waals surface area contributed by atoms with Crippen molar-refractivity contribution >= 4 is 5.91 Å². The molecule has 1 aliphatic heterocycles. The summed E-state index contributed by atoms with van der Waals surface area (Å²) >= 11 is 0. The molecule has 1 fully saturated rings. The molecule has 1 unspecified atom stereocenters. The monoisotopic (exact) mass is 355 g/mol. The molecule has 2 heterocycles. The van der Waals surface area contributed by atoms with E-state index < -0.39 is 0 Å². The summed E-state index contributed by atoms with van der Waals surface area (Å²) < 4.78 is 10.8. The molecule has 138 valence electrons. The number of hydrogen-bond acceptors (Lipinski definition) is 5. The number of carbonyl (C=O) groups is 1. The molecule has 1 aromatic heterocycles. The van der Waals surface area contributed by atoms with Crippen molar-refractivity contribution in [3.63, 3.8) is 0 Å². The lowest BCUT2D eigenvalue weighted by Crippen LogP contribution is -2.36. The Balaban J connectivity index is 1.78. The lowest BCUT2D eigenvalue weighted by molar-refractivity contribution is 0.0937. The smallest absolute Gasteiger partial charge is 0.251 e. The maximum Gasteiger partial charge on any atom is 0.251 e. The topological polar surface area (TPSA) is 63.7 Å². The van der Waals surface area contributed by atoms with E-state index in [4.69, 9.17) is 9.47 Å². The largest absolute Gasteiger partial charge is 0.493 e. The van der Waals surface area contributed by atoms with Crippen LogP contribution in [-0.4, -0.2) is 49.6 Å². The van der Waals surface area contributed by atoms with Gasteiger partial charge in [0.2, 0.25) is 0 Å². The molecule has 0 radical (unpaired) electrons. The zero-order valence-electron chi connectivity index (χ0n) is 15.3. The van der Waals surface area contributed by atoms with Gasteiger partial charge in [-0.2, -0.15) is 0 Å². The summed E-state index contributed by atoms with van der Waals surface area (Å²) in [6.07, 6.45) is 5.62. The standard InChI is InChI=1S/C20H25N3O3/c1-25-18-6-5-16(13-19(18)26-2)17(23-11-3-4-12-23)14-22-20(24)15-7-9-21-10-8-15/h5-10,13,17H,3-4,11-12,14H2,1-2H3,(H,22,24). The summed E-state index contributed by atoms with van der Waals surface area (Å²) in [6, 6.07) is 9.50. The van der Waals surface area contributed by atoms with Crippen molar-refractivity contribution in [2.45, 2.75) is 18.9 Å². The van der Waals surface area contributed by atoms with Crippen LogP contribution in [0.25, 0.3) is 0 Å². The number of nitrogens with zero attached hydrogens (tertiary/aromatic N) is 2. The molecule has 1 N–H and O–H groups in total. The average Bonchev–Trinajstić information content (AvgIpc) is 3.23. The van der Waals surface area contributed by atoms with Gasteiger partial charge in [-0.05, 0) is 55.8 Å². The van der Waals surface area contributed by atoms with E-state index in [9.17, 15) is 4.79 Å². The van der Waals surface area contributed by atoms with E-state index in [0.29, 0.717) is 23.6 Å². The minimum Gasteiger partial charge on any atom is -0.493 e. The van der Waals surface area contributed by atoms with Crippen LogP contribution >= 0.6 is 0 Å². The molecule has 6 nitrogen and oxygen atoms in total. The van der Waals surface area contributed by atoms with Gasteiger partial charge in [0.25, 0.3) is 5.91 Å². The minimum absolute atomic E-state index is 0.0860. The first-order valence-electron chi connectivity index (χ1n) is 8.87. The van der Waals surface area contributed by atoms with Crippen molar-refractivity contribution in [3.8, 4) is 11.5 Å². The van der Waals surface area contributed by atoms with Crippen molar-refractivity contribution in [3.05, 3.63) is 53.9 Å². The molecule has 1 amide bonds. The first-order valence-corrected chi connectivity index (χ1v) is 8.87. The van der Waals surface area contributed by atoms with Crippen LogP contribution in [0.3, 0.4) is 0 Å². The third-order valence-electron chi connectivity index (χ3n) is 4.77. The van der Waals surface area contributed by atoms with Crippen LogP contribution in [-0.2, 0) is 0 Å². The van der Waals surface area contributed by atoms with Crippen LogP contribution in [0.5, 0.6) is 11.5 Å². The van der Waals surface area contributed by atoms with Crippen LogP contribution in [0.15, 0.2) is 42.7 Å². The Morgan fingerprint density at radius 1 is 1.12 bits per heavy atom. The Kier molecular flexibility index (Phi) is 6.07. The second kappa shape index (κ2) is 8.67. The second-order valence-corrected chi connectivity index (χ2v) is 6.32. The first-order chi connectivity index (χ1) is 12.7. The summed E-state index contributed by atoms with van der Waals surface area (Å²) in [5, 5.41) is 3.06. The molecule has 0 bridgehead atoms. The predicted octanol–water partition coefficient (Wildman–Crippen LogP) is 2.67. The number of rotatable bonds is 7. The summed E-state index contributed by atoms with van der Waals surface area (Å²) in [5.41, 5.74) is 1.73. The number of hydrogen-bond donors (Lipinski definition) is 1. The number of methoxy groups -OCH3 is 2. The van der Waals surface area contributed by atoms with Gasteiger partial charge in [0, 0.05) is 24.5 Å². The van der Waals surface area contributed by atoms with Crippen molar-refractivity contribution in [2.75, 3.05) is 33.9 Å². The predicted molar refractivity (Wildman–Crippen MR) is 99.7 cm³/mol. The summed E-state index contributed by atoms with van der Waals surface area (Å²) in [7, 11) is 3.27. The molecule has 1 atom stereocenters. The van der Waals surface area contributed by atoms with Crippen molar-refractivity contribution < 1.29 is 14.3 Å². The summed E-state index contributed by atoms with van der Waals surface area (Å²) in [6.45, 7) is 2.60. The van der Waals surface area contributed by atoms with E-state index in [0.717, 1.165) is 18.7 Å². The Morgan fingerprint density at radius 3 is 2.46 bits per heavy atom. The van der Waals surface area contributed by atoms with Gasteiger partial charge in [-0.15, -0.1) is 0 Å². The van der Waals surface area contributed by atoms with Gasteiger partial charge in [-0.1, -0.05) is 6.07 Å². The van der Waals surface area contributed by atoms with Gasteiger partial charge in [0.1, 0.15) is 0 Å². The third kappa shape index (κ3) is 4.14. The zero-order chi connectivity index (χ0) is 18.4. The van der Waals surface area contributed by atoms with Gasteiger partial charge in [-0.3, -0.25) is 14.7 Å². The van der Waals surface area contributed by atoms with Crippen molar-refractivity contribution in [2.24, 2.45) is 0 Å². The van der Waals surface area contributed by atoms with Crippen LogP contribution < -0.4 is 14.8 Å². The Bertz CT molecular complexity index is 730.